The van der Waals surface area contributed by atoms with Crippen molar-refractivity contribution < 1.29 is 0 Å². The maximum absolute atomic E-state index is 3.98. The summed E-state index contributed by atoms with van der Waals surface area (Å²) in [4.78, 5) is 4.20. The molecule has 0 aliphatic rings. The van der Waals surface area contributed by atoms with E-state index in [-0.39, 0.29) is 0 Å². The summed E-state index contributed by atoms with van der Waals surface area (Å²) in [7, 11) is 8.14. The van der Waals surface area contributed by atoms with Gasteiger partial charge in [0.1, 0.15) is 0 Å². The van der Waals surface area contributed by atoms with E-state index in [2.05, 4.69) is 23.0 Å². The molecule has 0 unspecified atom stereocenters. The second-order valence-corrected chi connectivity index (χ2v) is 3.68. The Balaban J connectivity index is 3.86. The van der Waals surface area contributed by atoms with Gasteiger partial charge < -0.3 is 9.80 Å². The van der Waals surface area contributed by atoms with Gasteiger partial charge in [0.05, 0.1) is 0 Å². The third kappa shape index (κ3) is 5.10. The second kappa shape index (κ2) is 5.12. The van der Waals surface area contributed by atoms with Gasteiger partial charge in [-0.2, -0.15) is 0 Å². The smallest absolute Gasteiger partial charge is 0.0224 e. The Bertz CT molecular complexity index is 149. The average molecular weight is 168 g/mol. The van der Waals surface area contributed by atoms with Crippen LogP contribution in [0.15, 0.2) is 24.3 Å². The van der Waals surface area contributed by atoms with Crippen LogP contribution in [0.3, 0.4) is 0 Å². The third-order valence-electron chi connectivity index (χ3n) is 1.51. The van der Waals surface area contributed by atoms with Gasteiger partial charge in [0, 0.05) is 13.1 Å². The predicted molar refractivity (Wildman–Crippen MR) is 55.4 cm³/mol. The van der Waals surface area contributed by atoms with Gasteiger partial charge in [-0.1, -0.05) is 13.2 Å². The van der Waals surface area contributed by atoms with Crippen molar-refractivity contribution in [1.29, 1.82) is 0 Å². The summed E-state index contributed by atoms with van der Waals surface area (Å²) in [5, 5.41) is 0. The minimum atomic E-state index is 0.896. The van der Waals surface area contributed by atoms with Crippen LogP contribution in [0.5, 0.6) is 0 Å². The van der Waals surface area contributed by atoms with Crippen LogP contribution in [-0.4, -0.2) is 51.1 Å². The molecule has 0 amide bonds. The minimum absolute atomic E-state index is 0.896. The normalized spacial score (nSPS) is 10.8. The topological polar surface area (TPSA) is 6.48 Å². The molecule has 0 fully saturated rings. The zero-order chi connectivity index (χ0) is 9.72. The number of rotatable bonds is 5. The van der Waals surface area contributed by atoms with Crippen molar-refractivity contribution in [2.75, 3.05) is 41.3 Å². The van der Waals surface area contributed by atoms with E-state index in [9.17, 15) is 0 Å². The number of nitrogens with zero attached hydrogens (tertiary/aromatic N) is 2. The van der Waals surface area contributed by atoms with Gasteiger partial charge in [-0.05, 0) is 39.3 Å². The van der Waals surface area contributed by atoms with Crippen molar-refractivity contribution in [2.45, 2.75) is 0 Å². The molecule has 0 heterocycles. The molecule has 0 saturated carbocycles. The maximum Gasteiger partial charge on any atom is 0.0224 e. The first-order valence-electron chi connectivity index (χ1n) is 4.09. The fourth-order valence-corrected chi connectivity index (χ4v) is 0.987. The standard InChI is InChI=1S/C10H20N2/c1-9(7-11(3)4)10(2)8-12(5)6/h1-2,7-8H2,3-6H3. The van der Waals surface area contributed by atoms with Crippen molar-refractivity contribution in [1.82, 2.24) is 9.80 Å². The average Bonchev–Trinajstić information content (AvgIpc) is 1.84. The lowest BCUT2D eigenvalue weighted by Crippen LogP contribution is -2.20. The molecule has 0 atom stereocenters. The van der Waals surface area contributed by atoms with Crippen molar-refractivity contribution in [3.05, 3.63) is 24.3 Å². The van der Waals surface area contributed by atoms with Gasteiger partial charge in [0.15, 0.2) is 0 Å². The van der Waals surface area contributed by atoms with E-state index >= 15 is 0 Å². The van der Waals surface area contributed by atoms with E-state index in [1.807, 2.05) is 28.2 Å². The van der Waals surface area contributed by atoms with Crippen LogP contribution >= 0.6 is 0 Å². The van der Waals surface area contributed by atoms with E-state index in [4.69, 9.17) is 0 Å². The van der Waals surface area contributed by atoms with Gasteiger partial charge in [-0.15, -0.1) is 0 Å². The molecule has 0 spiro atoms. The zero-order valence-electron chi connectivity index (χ0n) is 8.72. The van der Waals surface area contributed by atoms with Crippen LogP contribution in [-0.2, 0) is 0 Å². The van der Waals surface area contributed by atoms with Crippen LogP contribution in [0.25, 0.3) is 0 Å². The van der Waals surface area contributed by atoms with E-state index in [0.29, 0.717) is 0 Å². The summed E-state index contributed by atoms with van der Waals surface area (Å²) in [5.41, 5.74) is 2.24. The van der Waals surface area contributed by atoms with Crippen LogP contribution in [0.2, 0.25) is 0 Å². The van der Waals surface area contributed by atoms with Gasteiger partial charge in [-0.25, -0.2) is 0 Å². The van der Waals surface area contributed by atoms with Crippen LogP contribution in [0.4, 0.5) is 0 Å². The first-order chi connectivity index (χ1) is 5.43. The SMILES string of the molecule is C=C(CN(C)C)C(=C)CN(C)C. The Morgan fingerprint density at radius 2 is 1.08 bits per heavy atom. The summed E-state index contributed by atoms with van der Waals surface area (Å²) >= 11 is 0. The highest BCUT2D eigenvalue weighted by atomic mass is 15.1. The van der Waals surface area contributed by atoms with E-state index in [1.54, 1.807) is 0 Å². The molecule has 0 saturated heterocycles. The molecule has 2 nitrogen and oxygen atoms in total. The molecule has 0 bridgehead atoms. The minimum Gasteiger partial charge on any atom is -0.305 e. The molecule has 0 aromatic rings. The Labute approximate surface area is 76.2 Å². The summed E-state index contributed by atoms with van der Waals surface area (Å²) in [6.45, 7) is 9.75. The molecule has 0 aliphatic heterocycles. The van der Waals surface area contributed by atoms with Gasteiger partial charge in [0.25, 0.3) is 0 Å². The molecule has 12 heavy (non-hydrogen) atoms. The fraction of sp³-hybridized carbons (Fsp3) is 0.600. The lowest BCUT2D eigenvalue weighted by Gasteiger charge is -2.17. The number of hydrogen-bond donors (Lipinski definition) is 0. The fourth-order valence-electron chi connectivity index (χ4n) is 0.987. The lowest BCUT2D eigenvalue weighted by molar-refractivity contribution is 0.427. The Kier molecular flexibility index (Phi) is 4.86. The molecular weight excluding hydrogens is 148 g/mol. The van der Waals surface area contributed by atoms with Crippen LogP contribution in [0.1, 0.15) is 0 Å². The number of likely N-dealkylation sites (N-methyl/N-ethyl adjacent to an activating group) is 2. The summed E-state index contributed by atoms with van der Waals surface area (Å²) < 4.78 is 0. The summed E-state index contributed by atoms with van der Waals surface area (Å²) in [6.07, 6.45) is 0. The first-order valence-corrected chi connectivity index (χ1v) is 4.09. The highest BCUT2D eigenvalue weighted by molar-refractivity contribution is 5.27. The monoisotopic (exact) mass is 168 g/mol. The molecule has 0 aliphatic carbocycles. The van der Waals surface area contributed by atoms with Crippen LogP contribution < -0.4 is 0 Å². The first kappa shape index (κ1) is 11.4. The van der Waals surface area contributed by atoms with Crippen molar-refractivity contribution in [3.63, 3.8) is 0 Å². The Morgan fingerprint density at radius 1 is 0.833 bits per heavy atom. The Hall–Kier alpha value is -0.600. The Morgan fingerprint density at radius 3 is 1.25 bits per heavy atom. The molecule has 0 N–H and O–H groups in total. The summed E-state index contributed by atoms with van der Waals surface area (Å²) in [6, 6.07) is 0. The molecule has 0 aromatic carbocycles. The van der Waals surface area contributed by atoms with Crippen molar-refractivity contribution in [3.8, 4) is 0 Å². The molecule has 2 heteroatoms. The number of hydrogen-bond acceptors (Lipinski definition) is 2. The molecule has 0 radical (unpaired) electrons. The highest BCUT2D eigenvalue weighted by Crippen LogP contribution is 2.06. The van der Waals surface area contributed by atoms with E-state index < -0.39 is 0 Å². The third-order valence-corrected chi connectivity index (χ3v) is 1.51. The predicted octanol–water partition coefficient (Wildman–Crippen LogP) is 1.22. The summed E-state index contributed by atoms with van der Waals surface area (Å²) in [5.74, 6) is 0. The van der Waals surface area contributed by atoms with Gasteiger partial charge >= 0.3 is 0 Å². The zero-order valence-corrected chi connectivity index (χ0v) is 8.72. The highest BCUT2D eigenvalue weighted by Gasteiger charge is 2.02. The van der Waals surface area contributed by atoms with Gasteiger partial charge in [0.2, 0.25) is 0 Å². The van der Waals surface area contributed by atoms with E-state index in [0.717, 1.165) is 24.2 Å². The largest absolute Gasteiger partial charge is 0.305 e. The molecular formula is C10H20N2. The van der Waals surface area contributed by atoms with Crippen molar-refractivity contribution in [2.24, 2.45) is 0 Å². The van der Waals surface area contributed by atoms with Crippen LogP contribution in [0, 0.1) is 0 Å². The second-order valence-electron chi connectivity index (χ2n) is 3.68. The van der Waals surface area contributed by atoms with Crippen molar-refractivity contribution >= 4 is 0 Å². The molecule has 70 valence electrons. The molecule has 0 rings (SSSR count). The van der Waals surface area contributed by atoms with E-state index in [1.165, 1.54) is 0 Å². The lowest BCUT2D eigenvalue weighted by atomic mass is 10.1. The quantitative estimate of drug-likeness (QED) is 0.570. The maximum atomic E-state index is 3.98. The molecule has 0 aromatic heterocycles. The van der Waals surface area contributed by atoms with Gasteiger partial charge in [-0.3, -0.25) is 0 Å².